The van der Waals surface area contributed by atoms with Crippen molar-refractivity contribution in [2.24, 2.45) is 5.92 Å². The summed E-state index contributed by atoms with van der Waals surface area (Å²) in [6.45, 7) is 4.75. The van der Waals surface area contributed by atoms with Gasteiger partial charge in [-0.25, -0.2) is 0 Å². The van der Waals surface area contributed by atoms with Gasteiger partial charge >= 0.3 is 0 Å². The summed E-state index contributed by atoms with van der Waals surface area (Å²) in [5, 5.41) is 3.12. The molecule has 0 aliphatic heterocycles. The number of hydrogen-bond donors (Lipinski definition) is 1. The number of methoxy groups -OCH3 is 1. The third kappa shape index (κ3) is 4.15. The Bertz CT molecular complexity index is 495. The molecule has 0 radical (unpaired) electrons. The fourth-order valence-electron chi connectivity index (χ4n) is 2.89. The van der Waals surface area contributed by atoms with Crippen LogP contribution in [0.1, 0.15) is 57.6 Å². The summed E-state index contributed by atoms with van der Waals surface area (Å²) in [5.41, 5.74) is 1.03. The maximum atomic E-state index is 12.2. The van der Waals surface area contributed by atoms with Crippen LogP contribution in [0.4, 0.5) is 0 Å². The molecule has 1 amide bonds. The molecule has 22 heavy (non-hydrogen) atoms. The van der Waals surface area contributed by atoms with E-state index >= 15 is 0 Å². The van der Waals surface area contributed by atoms with Gasteiger partial charge in [0.05, 0.1) is 19.8 Å². The summed E-state index contributed by atoms with van der Waals surface area (Å²) in [7, 11) is 1.64. The Hall–Kier alpha value is -1.71. The molecule has 1 atom stereocenters. The third-order valence-corrected chi connectivity index (χ3v) is 4.23. The Balaban J connectivity index is 2.02. The second-order valence-electron chi connectivity index (χ2n) is 5.97. The SMILES string of the molecule is CCCOc1ccc(C(C)NC(=O)C2CCCC2)cc1OC. The first-order valence-corrected chi connectivity index (χ1v) is 8.26. The first-order chi connectivity index (χ1) is 10.7. The monoisotopic (exact) mass is 305 g/mol. The van der Waals surface area contributed by atoms with Crippen molar-refractivity contribution in [3.8, 4) is 11.5 Å². The summed E-state index contributed by atoms with van der Waals surface area (Å²) in [6.07, 6.45) is 5.34. The molecule has 4 heteroatoms. The molecular formula is C18H27NO3. The van der Waals surface area contributed by atoms with E-state index in [2.05, 4.69) is 12.2 Å². The van der Waals surface area contributed by atoms with Crippen LogP contribution in [0.25, 0.3) is 0 Å². The number of hydrogen-bond acceptors (Lipinski definition) is 3. The van der Waals surface area contributed by atoms with Crippen LogP contribution in [-0.4, -0.2) is 19.6 Å². The van der Waals surface area contributed by atoms with Gasteiger partial charge in [-0.15, -0.1) is 0 Å². The highest BCUT2D eigenvalue weighted by molar-refractivity contribution is 5.79. The highest BCUT2D eigenvalue weighted by Gasteiger charge is 2.24. The molecule has 0 spiro atoms. The predicted octanol–water partition coefficient (Wildman–Crippen LogP) is 3.85. The lowest BCUT2D eigenvalue weighted by atomic mass is 10.0. The van der Waals surface area contributed by atoms with Crippen molar-refractivity contribution >= 4 is 5.91 Å². The number of ether oxygens (including phenoxy) is 2. The minimum atomic E-state index is -0.0257. The van der Waals surface area contributed by atoms with Gasteiger partial charge in [0.15, 0.2) is 11.5 Å². The summed E-state index contributed by atoms with van der Waals surface area (Å²) in [6, 6.07) is 5.84. The lowest BCUT2D eigenvalue weighted by Gasteiger charge is -2.19. The molecule has 1 unspecified atom stereocenters. The van der Waals surface area contributed by atoms with Crippen molar-refractivity contribution in [2.45, 2.75) is 52.0 Å². The molecule has 1 aromatic rings. The van der Waals surface area contributed by atoms with Gasteiger partial charge in [0.1, 0.15) is 0 Å². The highest BCUT2D eigenvalue weighted by atomic mass is 16.5. The fraction of sp³-hybridized carbons (Fsp3) is 0.611. The third-order valence-electron chi connectivity index (χ3n) is 4.23. The maximum Gasteiger partial charge on any atom is 0.223 e. The standard InChI is InChI=1S/C18H27NO3/c1-4-11-22-16-10-9-15(12-17(16)21-3)13(2)19-18(20)14-7-5-6-8-14/h9-10,12-14H,4-8,11H2,1-3H3,(H,19,20). The van der Waals surface area contributed by atoms with Crippen LogP contribution >= 0.6 is 0 Å². The Morgan fingerprint density at radius 2 is 2.05 bits per heavy atom. The minimum Gasteiger partial charge on any atom is -0.493 e. The van der Waals surface area contributed by atoms with Crippen molar-refractivity contribution in [3.63, 3.8) is 0 Å². The summed E-state index contributed by atoms with van der Waals surface area (Å²) >= 11 is 0. The van der Waals surface area contributed by atoms with Crippen LogP contribution in [0, 0.1) is 5.92 Å². The number of amides is 1. The summed E-state index contributed by atoms with van der Waals surface area (Å²) in [5.74, 6) is 1.84. The van der Waals surface area contributed by atoms with Crippen LogP contribution in [-0.2, 0) is 4.79 Å². The van der Waals surface area contributed by atoms with Gasteiger partial charge in [-0.2, -0.15) is 0 Å². The van der Waals surface area contributed by atoms with E-state index in [9.17, 15) is 4.79 Å². The fourth-order valence-corrected chi connectivity index (χ4v) is 2.89. The van der Waals surface area contributed by atoms with Crippen molar-refractivity contribution in [1.82, 2.24) is 5.32 Å². The average molecular weight is 305 g/mol. The number of carbonyl (C=O) groups excluding carboxylic acids is 1. The molecule has 4 nitrogen and oxygen atoms in total. The molecule has 0 bridgehead atoms. The van der Waals surface area contributed by atoms with Crippen molar-refractivity contribution in [1.29, 1.82) is 0 Å². The molecule has 1 aromatic carbocycles. The van der Waals surface area contributed by atoms with Gasteiger partial charge in [-0.3, -0.25) is 4.79 Å². The Labute approximate surface area is 133 Å². The quantitative estimate of drug-likeness (QED) is 0.832. The van der Waals surface area contributed by atoms with Gasteiger partial charge < -0.3 is 14.8 Å². The zero-order valence-electron chi connectivity index (χ0n) is 13.9. The summed E-state index contributed by atoms with van der Waals surface area (Å²) in [4.78, 5) is 12.2. The molecule has 122 valence electrons. The van der Waals surface area contributed by atoms with Gasteiger partial charge in [-0.05, 0) is 43.9 Å². The molecule has 1 saturated carbocycles. The molecule has 1 aliphatic rings. The van der Waals surface area contributed by atoms with E-state index in [1.54, 1.807) is 7.11 Å². The lowest BCUT2D eigenvalue weighted by Crippen LogP contribution is -2.31. The molecule has 1 fully saturated rings. The highest BCUT2D eigenvalue weighted by Crippen LogP contribution is 2.31. The Morgan fingerprint density at radius 3 is 2.68 bits per heavy atom. The second kappa shape index (κ2) is 8.06. The summed E-state index contributed by atoms with van der Waals surface area (Å²) < 4.78 is 11.1. The van der Waals surface area contributed by atoms with Crippen molar-refractivity contribution < 1.29 is 14.3 Å². The van der Waals surface area contributed by atoms with Crippen LogP contribution < -0.4 is 14.8 Å². The first kappa shape index (κ1) is 16.7. The number of rotatable bonds is 7. The number of carbonyl (C=O) groups is 1. The van der Waals surface area contributed by atoms with E-state index in [1.807, 2.05) is 25.1 Å². The zero-order valence-corrected chi connectivity index (χ0v) is 13.9. The average Bonchev–Trinajstić information content (AvgIpc) is 3.07. The van der Waals surface area contributed by atoms with E-state index in [1.165, 1.54) is 12.8 Å². The number of benzene rings is 1. The first-order valence-electron chi connectivity index (χ1n) is 8.26. The van der Waals surface area contributed by atoms with Crippen molar-refractivity contribution in [3.05, 3.63) is 23.8 Å². The second-order valence-corrected chi connectivity index (χ2v) is 5.97. The predicted molar refractivity (Wildman–Crippen MR) is 87.3 cm³/mol. The smallest absolute Gasteiger partial charge is 0.223 e. The van der Waals surface area contributed by atoms with Gasteiger partial charge in [0, 0.05) is 5.92 Å². The lowest BCUT2D eigenvalue weighted by molar-refractivity contribution is -0.125. The van der Waals surface area contributed by atoms with E-state index < -0.39 is 0 Å². The molecular weight excluding hydrogens is 278 g/mol. The molecule has 1 aliphatic carbocycles. The van der Waals surface area contributed by atoms with E-state index in [0.29, 0.717) is 12.4 Å². The Kier molecular flexibility index (Phi) is 6.10. The van der Waals surface area contributed by atoms with Gasteiger partial charge in [-0.1, -0.05) is 25.8 Å². The van der Waals surface area contributed by atoms with E-state index in [4.69, 9.17) is 9.47 Å². The van der Waals surface area contributed by atoms with Crippen LogP contribution in [0.5, 0.6) is 11.5 Å². The van der Waals surface area contributed by atoms with Gasteiger partial charge in [0.2, 0.25) is 5.91 Å². The van der Waals surface area contributed by atoms with Crippen LogP contribution in [0.15, 0.2) is 18.2 Å². The van der Waals surface area contributed by atoms with E-state index in [-0.39, 0.29) is 17.9 Å². The molecule has 0 aromatic heterocycles. The molecule has 0 saturated heterocycles. The van der Waals surface area contributed by atoms with E-state index in [0.717, 1.165) is 30.6 Å². The molecule has 2 rings (SSSR count). The zero-order chi connectivity index (χ0) is 15.9. The maximum absolute atomic E-state index is 12.2. The minimum absolute atomic E-state index is 0.0257. The molecule has 0 heterocycles. The van der Waals surface area contributed by atoms with Crippen molar-refractivity contribution in [2.75, 3.05) is 13.7 Å². The van der Waals surface area contributed by atoms with Crippen LogP contribution in [0.2, 0.25) is 0 Å². The topological polar surface area (TPSA) is 47.6 Å². The largest absolute Gasteiger partial charge is 0.493 e. The molecule has 1 N–H and O–H groups in total. The Morgan fingerprint density at radius 1 is 1.32 bits per heavy atom. The number of nitrogens with one attached hydrogen (secondary N) is 1. The van der Waals surface area contributed by atoms with Crippen LogP contribution in [0.3, 0.4) is 0 Å². The van der Waals surface area contributed by atoms with Gasteiger partial charge in [0.25, 0.3) is 0 Å². The normalized spacial score (nSPS) is 16.3.